The maximum Gasteiger partial charge on any atom is 0.326 e. The molecule has 0 radical (unpaired) electrons. The van der Waals surface area contributed by atoms with Gasteiger partial charge in [-0.15, -0.1) is 0 Å². The molecule has 5 rings (SSSR count). The third-order valence-corrected chi connectivity index (χ3v) is 6.86. The fraction of sp³-hybridized carbons (Fsp3) is 0.333. The highest BCUT2D eigenvalue weighted by atomic mass is 16.5. The average Bonchev–Trinajstić information content (AvgIpc) is 3.38. The van der Waals surface area contributed by atoms with Gasteiger partial charge in [0.05, 0.1) is 13.3 Å². The number of benzene rings is 3. The molecule has 0 saturated carbocycles. The van der Waals surface area contributed by atoms with Crippen molar-refractivity contribution in [3.63, 3.8) is 0 Å². The molecule has 0 aliphatic carbocycles. The average molecular weight is 444 g/mol. The van der Waals surface area contributed by atoms with Gasteiger partial charge in [0, 0.05) is 12.6 Å². The molecule has 2 aliphatic heterocycles. The van der Waals surface area contributed by atoms with Crippen LogP contribution in [-0.2, 0) is 10.3 Å². The topological polar surface area (TPSA) is 61.9 Å². The molecule has 2 fully saturated rings. The van der Waals surface area contributed by atoms with E-state index < -0.39 is 5.54 Å². The van der Waals surface area contributed by atoms with Crippen LogP contribution in [0, 0.1) is 0 Å². The van der Waals surface area contributed by atoms with Gasteiger partial charge < -0.3 is 10.1 Å². The molecule has 2 heterocycles. The predicted molar refractivity (Wildman–Crippen MR) is 128 cm³/mol. The summed E-state index contributed by atoms with van der Waals surface area (Å²) in [5.41, 5.74) is 0.905. The maximum atomic E-state index is 13.5. The summed E-state index contributed by atoms with van der Waals surface area (Å²) in [6.07, 6.45) is 2.03. The van der Waals surface area contributed by atoms with Crippen LogP contribution in [0.4, 0.5) is 4.79 Å². The number of urea groups is 1. The summed E-state index contributed by atoms with van der Waals surface area (Å²) in [6.45, 7) is 5.53. The Morgan fingerprint density at radius 3 is 2.55 bits per heavy atom. The standard InChI is InChI=1S/C27H29N3O3/c1-3-33-23-14-11-20(12-15-23)24-9-6-16-29(24)18-30-25(31)27(2,28-26(30)32)22-13-10-19-7-4-5-8-21(19)17-22/h4-5,7-8,10-15,17,24H,3,6,9,16,18H2,1-2H3,(H,28,32)/t24-,27-/m1/s1. The van der Waals surface area contributed by atoms with Crippen molar-refractivity contribution in [3.8, 4) is 5.75 Å². The third kappa shape index (κ3) is 3.85. The second kappa shape index (κ2) is 8.52. The van der Waals surface area contributed by atoms with Crippen molar-refractivity contribution in [2.45, 2.75) is 38.3 Å². The van der Waals surface area contributed by atoms with Crippen LogP contribution in [0.2, 0.25) is 0 Å². The molecule has 0 bridgehead atoms. The number of amides is 3. The van der Waals surface area contributed by atoms with Crippen molar-refractivity contribution in [2.24, 2.45) is 0 Å². The van der Waals surface area contributed by atoms with E-state index in [2.05, 4.69) is 22.3 Å². The van der Waals surface area contributed by atoms with E-state index in [1.165, 1.54) is 10.5 Å². The fourth-order valence-corrected chi connectivity index (χ4v) is 5.03. The van der Waals surface area contributed by atoms with Crippen LogP contribution in [0.5, 0.6) is 5.75 Å². The monoisotopic (exact) mass is 443 g/mol. The van der Waals surface area contributed by atoms with Gasteiger partial charge in [0.25, 0.3) is 5.91 Å². The van der Waals surface area contributed by atoms with E-state index in [0.29, 0.717) is 6.61 Å². The first kappa shape index (κ1) is 21.5. The van der Waals surface area contributed by atoms with Crippen molar-refractivity contribution in [1.82, 2.24) is 15.1 Å². The Morgan fingerprint density at radius 2 is 1.79 bits per heavy atom. The maximum absolute atomic E-state index is 13.5. The zero-order valence-corrected chi connectivity index (χ0v) is 19.1. The zero-order valence-electron chi connectivity index (χ0n) is 19.1. The highest BCUT2D eigenvalue weighted by Gasteiger charge is 2.50. The van der Waals surface area contributed by atoms with Crippen LogP contribution in [0.3, 0.4) is 0 Å². The Labute approximate surface area is 194 Å². The molecular weight excluding hydrogens is 414 g/mol. The van der Waals surface area contributed by atoms with Gasteiger partial charge in [0.2, 0.25) is 0 Å². The molecular formula is C27H29N3O3. The summed E-state index contributed by atoms with van der Waals surface area (Å²) in [5, 5.41) is 5.11. The van der Waals surface area contributed by atoms with Crippen LogP contribution >= 0.6 is 0 Å². The second-order valence-corrected chi connectivity index (χ2v) is 8.96. The second-order valence-electron chi connectivity index (χ2n) is 8.96. The molecule has 6 nitrogen and oxygen atoms in total. The number of fused-ring (bicyclic) bond motifs is 1. The number of likely N-dealkylation sites (tertiary alicyclic amines) is 1. The largest absolute Gasteiger partial charge is 0.494 e. The summed E-state index contributed by atoms with van der Waals surface area (Å²) in [4.78, 5) is 30.0. The number of imide groups is 1. The van der Waals surface area contributed by atoms with Gasteiger partial charge in [0.1, 0.15) is 11.3 Å². The number of nitrogens with one attached hydrogen (secondary N) is 1. The first-order valence-electron chi connectivity index (χ1n) is 11.6. The SMILES string of the molecule is CCOc1ccc([C@H]2CCCN2CN2C(=O)N[C@](C)(c3ccc4ccccc4c3)C2=O)cc1. The van der Waals surface area contributed by atoms with Gasteiger partial charge in [-0.2, -0.15) is 0 Å². The molecule has 3 amide bonds. The number of carbonyl (C=O) groups is 2. The summed E-state index contributed by atoms with van der Waals surface area (Å²) in [6, 6.07) is 21.9. The molecule has 2 aliphatic rings. The highest BCUT2D eigenvalue weighted by Crippen LogP contribution is 2.35. The third-order valence-electron chi connectivity index (χ3n) is 6.86. The van der Waals surface area contributed by atoms with E-state index >= 15 is 0 Å². The number of nitrogens with zero attached hydrogens (tertiary/aromatic N) is 2. The van der Waals surface area contributed by atoms with E-state index in [1.807, 2.05) is 61.5 Å². The molecule has 1 N–H and O–H groups in total. The molecule has 0 aromatic heterocycles. The molecule has 0 unspecified atom stereocenters. The van der Waals surface area contributed by atoms with E-state index in [9.17, 15) is 9.59 Å². The van der Waals surface area contributed by atoms with Gasteiger partial charge in [-0.3, -0.25) is 9.69 Å². The number of carbonyl (C=O) groups excluding carboxylic acids is 2. The number of ether oxygens (including phenoxy) is 1. The van der Waals surface area contributed by atoms with Gasteiger partial charge in [-0.25, -0.2) is 9.69 Å². The predicted octanol–water partition coefficient (Wildman–Crippen LogP) is 4.80. The Kier molecular flexibility index (Phi) is 5.54. The minimum Gasteiger partial charge on any atom is -0.494 e. The Hall–Kier alpha value is -3.38. The van der Waals surface area contributed by atoms with Crippen LogP contribution in [0.15, 0.2) is 66.7 Å². The van der Waals surface area contributed by atoms with Gasteiger partial charge >= 0.3 is 6.03 Å². The van der Waals surface area contributed by atoms with Crippen molar-refractivity contribution < 1.29 is 14.3 Å². The molecule has 33 heavy (non-hydrogen) atoms. The summed E-state index contributed by atoms with van der Waals surface area (Å²) in [7, 11) is 0. The molecule has 3 aromatic carbocycles. The first-order valence-corrected chi connectivity index (χ1v) is 11.6. The summed E-state index contributed by atoms with van der Waals surface area (Å²) in [5.74, 6) is 0.645. The smallest absolute Gasteiger partial charge is 0.326 e. The minimum atomic E-state index is -1.07. The van der Waals surface area contributed by atoms with Crippen LogP contribution in [-0.4, -0.2) is 41.6 Å². The number of hydrogen-bond donors (Lipinski definition) is 1. The van der Waals surface area contributed by atoms with Crippen LogP contribution < -0.4 is 10.1 Å². The first-order chi connectivity index (χ1) is 16.0. The van der Waals surface area contributed by atoms with Crippen molar-refractivity contribution in [1.29, 1.82) is 0 Å². The lowest BCUT2D eigenvalue weighted by Crippen LogP contribution is -2.43. The number of hydrogen-bond acceptors (Lipinski definition) is 4. The van der Waals surface area contributed by atoms with Crippen molar-refractivity contribution in [3.05, 3.63) is 77.9 Å². The summed E-state index contributed by atoms with van der Waals surface area (Å²) < 4.78 is 5.56. The minimum absolute atomic E-state index is 0.175. The van der Waals surface area contributed by atoms with Crippen LogP contribution in [0.1, 0.15) is 43.9 Å². The van der Waals surface area contributed by atoms with Gasteiger partial charge in [0.15, 0.2) is 0 Å². The Morgan fingerprint density at radius 1 is 1.03 bits per heavy atom. The molecule has 2 atom stereocenters. The number of rotatable bonds is 6. The molecule has 0 spiro atoms. The van der Waals surface area contributed by atoms with Crippen molar-refractivity contribution >= 4 is 22.7 Å². The Bertz CT molecular complexity index is 1190. The van der Waals surface area contributed by atoms with E-state index in [0.717, 1.165) is 41.5 Å². The quantitative estimate of drug-likeness (QED) is 0.556. The molecule has 170 valence electrons. The molecule has 2 saturated heterocycles. The van der Waals surface area contributed by atoms with Gasteiger partial charge in [-0.05, 0) is 66.8 Å². The molecule has 6 heteroatoms. The lowest BCUT2D eigenvalue weighted by atomic mass is 9.90. The van der Waals surface area contributed by atoms with E-state index in [4.69, 9.17) is 4.74 Å². The van der Waals surface area contributed by atoms with E-state index in [-0.39, 0.29) is 24.6 Å². The Balaban J connectivity index is 1.36. The fourth-order valence-electron chi connectivity index (χ4n) is 5.03. The lowest BCUT2D eigenvalue weighted by molar-refractivity contribution is -0.132. The zero-order chi connectivity index (χ0) is 23.0. The van der Waals surface area contributed by atoms with Crippen molar-refractivity contribution in [2.75, 3.05) is 19.8 Å². The summed E-state index contributed by atoms with van der Waals surface area (Å²) >= 11 is 0. The van der Waals surface area contributed by atoms with E-state index in [1.54, 1.807) is 6.92 Å². The highest BCUT2D eigenvalue weighted by molar-refractivity contribution is 6.07. The lowest BCUT2D eigenvalue weighted by Gasteiger charge is -2.29. The van der Waals surface area contributed by atoms with Gasteiger partial charge in [-0.1, -0.05) is 48.5 Å². The normalized spacial score (nSPS) is 23.3. The molecule has 3 aromatic rings. The van der Waals surface area contributed by atoms with Crippen LogP contribution in [0.25, 0.3) is 10.8 Å².